The van der Waals surface area contributed by atoms with Gasteiger partial charge in [-0.2, -0.15) is 0 Å². The average Bonchev–Trinajstić information content (AvgIpc) is 3.03. The van der Waals surface area contributed by atoms with Crippen LogP contribution in [0.25, 0.3) is 0 Å². The first-order valence-corrected chi connectivity index (χ1v) is 14.2. The molecule has 30 heavy (non-hydrogen) atoms. The van der Waals surface area contributed by atoms with E-state index in [2.05, 4.69) is 41.5 Å². The molecule has 176 valence electrons. The topological polar surface area (TPSA) is 0 Å². The van der Waals surface area contributed by atoms with Crippen molar-refractivity contribution in [3.63, 3.8) is 0 Å². The van der Waals surface area contributed by atoms with E-state index in [9.17, 15) is 0 Å². The zero-order valence-corrected chi connectivity index (χ0v) is 21.6. The van der Waals surface area contributed by atoms with E-state index in [0.717, 1.165) is 35.5 Å². The van der Waals surface area contributed by atoms with Gasteiger partial charge < -0.3 is 0 Å². The Morgan fingerprint density at radius 3 is 2.33 bits per heavy atom. The lowest BCUT2D eigenvalue weighted by Crippen LogP contribution is -2.52. The molecule has 0 spiro atoms. The Hall–Kier alpha value is 0. The van der Waals surface area contributed by atoms with Crippen molar-refractivity contribution >= 4 is 0 Å². The molecule has 4 rings (SSSR count). The van der Waals surface area contributed by atoms with E-state index >= 15 is 0 Å². The van der Waals surface area contributed by atoms with Crippen LogP contribution in [-0.4, -0.2) is 0 Å². The molecule has 0 amide bonds. The van der Waals surface area contributed by atoms with Gasteiger partial charge in [0, 0.05) is 1.43 Å². The Balaban J connectivity index is 0.00000272. The Kier molecular flexibility index (Phi) is 6.75. The monoisotopic (exact) mass is 416 g/mol. The highest BCUT2D eigenvalue weighted by Crippen LogP contribution is 2.67. The quantitative estimate of drug-likeness (QED) is 0.378. The van der Waals surface area contributed by atoms with E-state index < -0.39 is 0 Å². The Labute approximate surface area is 191 Å². The summed E-state index contributed by atoms with van der Waals surface area (Å²) in [5.74, 6) is 6.24. The molecule has 4 aliphatic rings. The van der Waals surface area contributed by atoms with Crippen LogP contribution in [-0.2, 0) is 0 Å². The number of unbranched alkanes of at least 4 members (excludes halogenated alkanes) is 1. The van der Waals surface area contributed by atoms with Crippen molar-refractivity contribution in [3.8, 4) is 0 Å². The molecule has 4 aliphatic carbocycles. The number of fused-ring (bicyclic) bond motifs is 5. The van der Waals surface area contributed by atoms with Gasteiger partial charge in [0.25, 0.3) is 0 Å². The number of rotatable bonds is 6. The summed E-state index contributed by atoms with van der Waals surface area (Å²) in [4.78, 5) is 0. The van der Waals surface area contributed by atoms with E-state index in [0.29, 0.717) is 16.2 Å². The van der Waals surface area contributed by atoms with Crippen molar-refractivity contribution in [2.24, 2.45) is 51.8 Å². The van der Waals surface area contributed by atoms with Gasteiger partial charge >= 0.3 is 0 Å². The SMILES string of the molecule is CCC(CCCCC1CCC2C3CCC4CCCCC4(C)C3CCC12C)C(C)(C)C.[HH]. The molecule has 0 nitrogen and oxygen atoms in total. The third-order valence-electron chi connectivity index (χ3n) is 11.9. The van der Waals surface area contributed by atoms with Crippen molar-refractivity contribution in [2.45, 2.75) is 138 Å². The molecule has 0 aromatic heterocycles. The lowest BCUT2D eigenvalue weighted by molar-refractivity contribution is -0.111. The molecule has 4 saturated carbocycles. The second kappa shape index (κ2) is 8.74. The zero-order chi connectivity index (χ0) is 21.6. The molecule has 8 atom stereocenters. The molecule has 0 heteroatoms. The molecule has 0 bridgehead atoms. The van der Waals surface area contributed by atoms with Gasteiger partial charge in [0.1, 0.15) is 0 Å². The van der Waals surface area contributed by atoms with E-state index in [1.54, 1.807) is 51.4 Å². The number of hydrogen-bond donors (Lipinski definition) is 0. The lowest BCUT2D eigenvalue weighted by atomic mass is 9.45. The minimum absolute atomic E-state index is 0. The second-order valence-electron chi connectivity index (χ2n) is 14.0. The van der Waals surface area contributed by atoms with Crippen molar-refractivity contribution in [3.05, 3.63) is 0 Å². The minimum atomic E-state index is 0. The molecule has 4 fully saturated rings. The van der Waals surface area contributed by atoms with Crippen LogP contribution in [0.2, 0.25) is 0 Å². The van der Waals surface area contributed by atoms with Gasteiger partial charge in [0.05, 0.1) is 0 Å². The third kappa shape index (κ3) is 4.05. The van der Waals surface area contributed by atoms with Gasteiger partial charge in [-0.3, -0.25) is 0 Å². The van der Waals surface area contributed by atoms with Crippen molar-refractivity contribution in [1.82, 2.24) is 0 Å². The molecule has 0 aromatic rings. The summed E-state index contributed by atoms with van der Waals surface area (Å²) >= 11 is 0. The maximum Gasteiger partial charge on any atom is 0 e. The normalized spacial score (nSPS) is 44.8. The fourth-order valence-corrected chi connectivity index (χ4v) is 9.91. The fraction of sp³-hybridized carbons (Fsp3) is 1.00. The highest BCUT2D eigenvalue weighted by molar-refractivity contribution is 5.08. The van der Waals surface area contributed by atoms with Crippen LogP contribution in [0.3, 0.4) is 0 Å². The first-order valence-electron chi connectivity index (χ1n) is 14.2. The summed E-state index contributed by atoms with van der Waals surface area (Å²) in [6.07, 6.45) is 22.9. The maximum absolute atomic E-state index is 2.75. The van der Waals surface area contributed by atoms with Gasteiger partial charge in [-0.05, 0) is 116 Å². The molecular formula is C30H56. The Morgan fingerprint density at radius 2 is 1.60 bits per heavy atom. The lowest BCUT2D eigenvalue weighted by Gasteiger charge is -2.60. The summed E-state index contributed by atoms with van der Waals surface area (Å²) in [5, 5.41) is 0. The molecule has 0 heterocycles. The molecule has 8 unspecified atom stereocenters. The summed E-state index contributed by atoms with van der Waals surface area (Å²) in [6, 6.07) is 0. The summed E-state index contributed by atoms with van der Waals surface area (Å²) < 4.78 is 0. The highest BCUT2D eigenvalue weighted by Gasteiger charge is 2.59. The molecule has 0 aromatic carbocycles. The first kappa shape index (κ1) is 23.2. The molecular weight excluding hydrogens is 360 g/mol. The van der Waals surface area contributed by atoms with Crippen molar-refractivity contribution < 1.29 is 1.43 Å². The van der Waals surface area contributed by atoms with Gasteiger partial charge in [0.2, 0.25) is 0 Å². The summed E-state index contributed by atoms with van der Waals surface area (Å²) in [6.45, 7) is 15.2. The number of hydrogen-bond acceptors (Lipinski definition) is 0. The van der Waals surface area contributed by atoms with Crippen LogP contribution in [0.5, 0.6) is 0 Å². The van der Waals surface area contributed by atoms with E-state index in [-0.39, 0.29) is 1.43 Å². The average molecular weight is 417 g/mol. The van der Waals surface area contributed by atoms with Crippen LogP contribution < -0.4 is 0 Å². The van der Waals surface area contributed by atoms with E-state index in [1.165, 1.54) is 44.9 Å². The van der Waals surface area contributed by atoms with E-state index in [4.69, 9.17) is 0 Å². The largest absolute Gasteiger partial charge is 0.0651 e. The second-order valence-corrected chi connectivity index (χ2v) is 14.0. The van der Waals surface area contributed by atoms with Crippen LogP contribution in [0.1, 0.15) is 139 Å². The van der Waals surface area contributed by atoms with Crippen LogP contribution in [0.4, 0.5) is 0 Å². The predicted octanol–water partition coefficient (Wildman–Crippen LogP) is 9.91. The Bertz CT molecular complexity index is 575. The van der Waals surface area contributed by atoms with E-state index in [1.807, 2.05) is 0 Å². The predicted molar refractivity (Wildman–Crippen MR) is 134 cm³/mol. The zero-order valence-electron chi connectivity index (χ0n) is 21.6. The minimum Gasteiger partial charge on any atom is -0.0651 e. The van der Waals surface area contributed by atoms with Crippen LogP contribution in [0.15, 0.2) is 0 Å². The smallest absolute Gasteiger partial charge is 0 e. The highest BCUT2D eigenvalue weighted by atomic mass is 14.6. The standard InChI is InChI=1S/C30H54.H2/c1-7-22(28(2,3)4)12-8-9-13-24-16-18-26-25-17-15-23-14-10-11-20-29(23,5)27(25)19-21-30(24,26)6;/h22-27H,7-21H2,1-6H3;1H. The van der Waals surface area contributed by atoms with Crippen molar-refractivity contribution in [2.75, 3.05) is 0 Å². The molecule has 0 saturated heterocycles. The molecule has 0 radical (unpaired) electrons. The summed E-state index contributed by atoms with van der Waals surface area (Å²) in [5.41, 5.74) is 1.89. The van der Waals surface area contributed by atoms with Gasteiger partial charge in [-0.25, -0.2) is 0 Å². The van der Waals surface area contributed by atoms with Crippen LogP contribution in [0, 0.1) is 51.8 Å². The summed E-state index contributed by atoms with van der Waals surface area (Å²) in [7, 11) is 0. The third-order valence-corrected chi connectivity index (χ3v) is 11.9. The fourth-order valence-electron chi connectivity index (χ4n) is 9.91. The molecule has 0 aliphatic heterocycles. The Morgan fingerprint density at radius 1 is 0.833 bits per heavy atom. The van der Waals surface area contributed by atoms with Gasteiger partial charge in [0.15, 0.2) is 0 Å². The first-order chi connectivity index (χ1) is 14.2. The van der Waals surface area contributed by atoms with Crippen LogP contribution >= 0.6 is 0 Å². The van der Waals surface area contributed by atoms with Gasteiger partial charge in [-0.15, -0.1) is 0 Å². The maximum atomic E-state index is 2.75. The molecule has 0 N–H and O–H groups in total. The van der Waals surface area contributed by atoms with Gasteiger partial charge in [-0.1, -0.05) is 73.6 Å². The van der Waals surface area contributed by atoms with Crippen molar-refractivity contribution in [1.29, 1.82) is 0 Å².